The number of rotatable bonds is 12. The fourth-order valence-electron chi connectivity index (χ4n) is 3.53. The van der Waals surface area contributed by atoms with Crippen LogP contribution >= 0.6 is 0 Å². The molecule has 0 radical (unpaired) electrons. The second-order valence-electron chi connectivity index (χ2n) is 9.42. The molecule has 0 heterocycles. The molecule has 0 aromatic heterocycles. The number of nitrogens with one attached hydrogen (secondary N) is 1. The minimum absolute atomic E-state index is 0.118. The number of aryl methyl sites for hydroxylation is 1. The highest BCUT2D eigenvalue weighted by molar-refractivity contribution is 7.92. The molecule has 1 N–H and O–H groups in total. The van der Waals surface area contributed by atoms with Crippen LogP contribution in [-0.4, -0.2) is 57.7 Å². The van der Waals surface area contributed by atoms with Gasteiger partial charge < -0.3 is 14.4 Å². The summed E-state index contributed by atoms with van der Waals surface area (Å²) in [7, 11) is -3.46. The summed E-state index contributed by atoms with van der Waals surface area (Å²) in [6, 6.07) is 12.8. The van der Waals surface area contributed by atoms with E-state index in [1.807, 2.05) is 6.07 Å². The highest BCUT2D eigenvalue weighted by Crippen LogP contribution is 2.23. The summed E-state index contributed by atoms with van der Waals surface area (Å²) >= 11 is 0. The maximum absolute atomic E-state index is 12.9. The Balaban J connectivity index is 2.32. The zero-order chi connectivity index (χ0) is 29.3. The van der Waals surface area contributed by atoms with Crippen LogP contribution < -0.4 is 9.62 Å². The lowest BCUT2D eigenvalue weighted by atomic mass is 9.99. The number of esters is 2. The molecule has 0 spiro atoms. The molecule has 0 amide bonds. The van der Waals surface area contributed by atoms with Crippen molar-refractivity contribution in [1.29, 1.82) is 5.26 Å². The first-order valence-electron chi connectivity index (χ1n) is 12.2. The van der Waals surface area contributed by atoms with E-state index in [0.717, 1.165) is 6.26 Å². The number of hydrogen-bond acceptors (Lipinski definition) is 9. The quantitative estimate of drug-likeness (QED) is 0.179. The van der Waals surface area contributed by atoms with Gasteiger partial charge >= 0.3 is 11.9 Å². The van der Waals surface area contributed by atoms with Crippen LogP contribution in [0.15, 0.2) is 48.0 Å². The predicted octanol–water partition coefficient (Wildman–Crippen LogP) is 3.87. The lowest BCUT2D eigenvalue weighted by Gasteiger charge is -2.24. The summed E-state index contributed by atoms with van der Waals surface area (Å²) in [6.45, 7) is 8.35. The third-order valence-corrected chi connectivity index (χ3v) is 5.71. The molecule has 0 fully saturated rings. The van der Waals surface area contributed by atoms with Crippen molar-refractivity contribution in [2.24, 2.45) is 0 Å². The van der Waals surface area contributed by atoms with Crippen LogP contribution in [0, 0.1) is 18.3 Å². The second-order valence-corrected chi connectivity index (χ2v) is 11.2. The fourth-order valence-corrected chi connectivity index (χ4v) is 4.10. The van der Waals surface area contributed by atoms with E-state index in [2.05, 4.69) is 4.72 Å². The van der Waals surface area contributed by atoms with Crippen LogP contribution in [0.5, 0.6) is 0 Å². The number of ether oxygens (including phenoxy) is 2. The van der Waals surface area contributed by atoms with Crippen LogP contribution in [-0.2, 0) is 29.1 Å². The van der Waals surface area contributed by atoms with Gasteiger partial charge in [-0.2, -0.15) is 5.26 Å². The molecule has 208 valence electrons. The van der Waals surface area contributed by atoms with Crippen molar-refractivity contribution in [3.05, 3.63) is 64.7 Å². The summed E-state index contributed by atoms with van der Waals surface area (Å²) in [5.41, 5.74) is 2.24. The molecule has 11 heteroatoms. The van der Waals surface area contributed by atoms with Crippen molar-refractivity contribution >= 4 is 45.2 Å². The van der Waals surface area contributed by atoms with Crippen LogP contribution in [0.25, 0.3) is 6.08 Å². The lowest BCUT2D eigenvalue weighted by molar-refractivity contribution is -0.146. The molecular formula is C28H33N3O7S. The third kappa shape index (κ3) is 10.2. The van der Waals surface area contributed by atoms with Crippen molar-refractivity contribution in [1.82, 2.24) is 0 Å². The van der Waals surface area contributed by atoms with E-state index in [-0.39, 0.29) is 36.4 Å². The van der Waals surface area contributed by atoms with E-state index in [1.165, 1.54) is 30.3 Å². The predicted molar refractivity (Wildman–Crippen MR) is 149 cm³/mol. The molecule has 0 atom stereocenters. The Morgan fingerprint density at radius 2 is 1.51 bits per heavy atom. The molecule has 0 aliphatic carbocycles. The topological polar surface area (TPSA) is 143 Å². The molecule has 0 aliphatic rings. The van der Waals surface area contributed by atoms with Gasteiger partial charge in [0.1, 0.15) is 24.7 Å². The van der Waals surface area contributed by atoms with E-state index in [1.54, 1.807) is 57.7 Å². The first kappa shape index (κ1) is 31.1. The standard InChI is InChI=1S/C28H33N3O7S/c1-18(2)37-26(32)16-31(17-27(33)38-19(3)4)25-12-9-22(20(5)13-25)14-23(15-29)28(34)21-7-10-24(11-8-21)30-39(6,35)36/h7-14,18-19,30H,16-17H2,1-6H3/b23-14+. The molecule has 0 aliphatic heterocycles. The maximum Gasteiger partial charge on any atom is 0.325 e. The van der Waals surface area contributed by atoms with Gasteiger partial charge in [0.25, 0.3) is 0 Å². The Bertz CT molecular complexity index is 1370. The number of allylic oxidation sites excluding steroid dienone is 1. The highest BCUT2D eigenvalue weighted by Gasteiger charge is 2.20. The van der Waals surface area contributed by atoms with Gasteiger partial charge in [-0.05, 0) is 88.2 Å². The van der Waals surface area contributed by atoms with Gasteiger partial charge in [-0.15, -0.1) is 0 Å². The number of carbonyl (C=O) groups is 3. The number of sulfonamides is 1. The van der Waals surface area contributed by atoms with Crippen LogP contribution in [0.1, 0.15) is 49.2 Å². The number of ketones is 1. The molecule has 0 saturated heterocycles. The first-order chi connectivity index (χ1) is 18.2. The number of benzene rings is 2. The van der Waals surface area contributed by atoms with Crippen molar-refractivity contribution in [3.8, 4) is 6.07 Å². The summed E-state index contributed by atoms with van der Waals surface area (Å²) in [6.07, 6.45) is 1.84. The number of nitriles is 1. The summed E-state index contributed by atoms with van der Waals surface area (Å²) in [4.78, 5) is 39.2. The Labute approximate surface area is 229 Å². The van der Waals surface area contributed by atoms with E-state index < -0.39 is 27.7 Å². The summed E-state index contributed by atoms with van der Waals surface area (Å²) < 4.78 is 35.6. The molecule has 39 heavy (non-hydrogen) atoms. The van der Waals surface area contributed by atoms with Crippen molar-refractivity contribution < 1.29 is 32.3 Å². The fraction of sp³-hybridized carbons (Fsp3) is 0.357. The third-order valence-electron chi connectivity index (χ3n) is 5.11. The van der Waals surface area contributed by atoms with Gasteiger partial charge in [0.05, 0.1) is 18.5 Å². The number of hydrogen-bond donors (Lipinski definition) is 1. The van der Waals surface area contributed by atoms with E-state index in [4.69, 9.17) is 9.47 Å². The molecule has 2 aromatic rings. The van der Waals surface area contributed by atoms with E-state index in [9.17, 15) is 28.1 Å². The molecule has 10 nitrogen and oxygen atoms in total. The Morgan fingerprint density at radius 1 is 0.974 bits per heavy atom. The van der Waals surface area contributed by atoms with Gasteiger partial charge in [0.2, 0.25) is 15.8 Å². The molecule has 0 unspecified atom stereocenters. The molecular weight excluding hydrogens is 522 g/mol. The smallest absolute Gasteiger partial charge is 0.325 e. The van der Waals surface area contributed by atoms with Gasteiger partial charge in [0, 0.05) is 16.9 Å². The minimum Gasteiger partial charge on any atom is -0.462 e. The van der Waals surface area contributed by atoms with Gasteiger partial charge in [-0.25, -0.2) is 8.42 Å². The SMILES string of the molecule is Cc1cc(N(CC(=O)OC(C)C)CC(=O)OC(C)C)ccc1/C=C(\C#N)C(=O)c1ccc(NS(C)(=O)=O)cc1. The Morgan fingerprint density at radius 3 is 1.95 bits per heavy atom. The maximum atomic E-state index is 12.9. The van der Waals surface area contributed by atoms with E-state index in [0.29, 0.717) is 22.5 Å². The van der Waals surface area contributed by atoms with Crippen molar-refractivity contribution in [2.75, 3.05) is 29.0 Å². The zero-order valence-electron chi connectivity index (χ0n) is 22.8. The minimum atomic E-state index is -3.46. The van der Waals surface area contributed by atoms with Crippen molar-refractivity contribution in [2.45, 2.75) is 46.8 Å². The summed E-state index contributed by atoms with van der Waals surface area (Å²) in [5.74, 6) is -1.53. The average Bonchev–Trinajstić information content (AvgIpc) is 2.81. The monoisotopic (exact) mass is 555 g/mol. The normalized spacial score (nSPS) is 11.6. The second kappa shape index (κ2) is 13.6. The largest absolute Gasteiger partial charge is 0.462 e. The van der Waals surface area contributed by atoms with Crippen LogP contribution in [0.2, 0.25) is 0 Å². The first-order valence-corrected chi connectivity index (χ1v) is 14.1. The molecule has 0 bridgehead atoms. The van der Waals surface area contributed by atoms with Gasteiger partial charge in [-0.3, -0.25) is 19.1 Å². The van der Waals surface area contributed by atoms with Crippen LogP contribution in [0.3, 0.4) is 0 Å². The number of carbonyl (C=O) groups excluding carboxylic acids is 3. The van der Waals surface area contributed by atoms with Gasteiger partial charge in [-0.1, -0.05) is 6.07 Å². The highest BCUT2D eigenvalue weighted by atomic mass is 32.2. The van der Waals surface area contributed by atoms with Crippen molar-refractivity contribution in [3.63, 3.8) is 0 Å². The Kier molecular flexibility index (Phi) is 10.8. The molecule has 0 saturated carbocycles. The summed E-state index contributed by atoms with van der Waals surface area (Å²) in [5, 5.41) is 9.66. The van der Waals surface area contributed by atoms with E-state index >= 15 is 0 Å². The number of anilines is 2. The molecule has 2 aromatic carbocycles. The van der Waals surface area contributed by atoms with Gasteiger partial charge in [0.15, 0.2) is 0 Å². The number of nitrogens with zero attached hydrogens (tertiary/aromatic N) is 2. The molecule has 2 rings (SSSR count). The lowest BCUT2D eigenvalue weighted by Crippen LogP contribution is -2.37. The average molecular weight is 556 g/mol. The van der Waals surface area contributed by atoms with Crippen LogP contribution in [0.4, 0.5) is 11.4 Å². The zero-order valence-corrected chi connectivity index (χ0v) is 23.7. The Hall–Kier alpha value is -4.17. The number of Topliss-reactive ketones (excluding diaryl/α,β-unsaturated/α-hetero) is 1.